The lowest BCUT2D eigenvalue weighted by Crippen LogP contribution is -2.41. The van der Waals surface area contributed by atoms with Crippen molar-refractivity contribution in [2.75, 3.05) is 19.7 Å². The third-order valence-corrected chi connectivity index (χ3v) is 3.40. The number of nitrogens with zero attached hydrogens (tertiary/aromatic N) is 1. The molecule has 0 aliphatic heterocycles. The van der Waals surface area contributed by atoms with Crippen LogP contribution in [-0.2, 0) is 0 Å². The Bertz CT molecular complexity index is 156. The van der Waals surface area contributed by atoms with Crippen molar-refractivity contribution < 1.29 is 10.2 Å². The predicted molar refractivity (Wildman–Crippen MR) is 61.8 cm³/mol. The van der Waals surface area contributed by atoms with E-state index < -0.39 is 6.10 Å². The number of aliphatic hydroxyl groups is 2. The number of aliphatic hydroxyl groups excluding tert-OH is 2. The van der Waals surface area contributed by atoms with Gasteiger partial charge in [0, 0.05) is 12.6 Å². The molecule has 0 radical (unpaired) electrons. The molecule has 1 unspecified atom stereocenters. The molecule has 0 aromatic carbocycles. The molecule has 1 rings (SSSR count). The Kier molecular flexibility index (Phi) is 6.22. The van der Waals surface area contributed by atoms with E-state index in [2.05, 4.69) is 11.8 Å². The van der Waals surface area contributed by atoms with E-state index in [1.807, 2.05) is 0 Å². The second kappa shape index (κ2) is 7.20. The molecular weight excluding hydrogens is 190 g/mol. The topological polar surface area (TPSA) is 43.7 Å². The van der Waals surface area contributed by atoms with E-state index >= 15 is 0 Å². The molecule has 0 aromatic rings. The first-order valence-corrected chi connectivity index (χ1v) is 6.31. The fraction of sp³-hybridized carbons (Fsp3) is 1.00. The average Bonchev–Trinajstić information content (AvgIpc) is 2.54. The predicted octanol–water partition coefficient (Wildman–Crippen LogP) is 1.38. The van der Waals surface area contributed by atoms with Crippen LogP contribution >= 0.6 is 0 Å². The van der Waals surface area contributed by atoms with Crippen molar-refractivity contribution in [1.29, 1.82) is 0 Å². The van der Waals surface area contributed by atoms with Gasteiger partial charge in [0.25, 0.3) is 0 Å². The van der Waals surface area contributed by atoms with E-state index in [1.54, 1.807) is 0 Å². The van der Waals surface area contributed by atoms with Crippen LogP contribution in [0.3, 0.4) is 0 Å². The summed E-state index contributed by atoms with van der Waals surface area (Å²) in [6.07, 6.45) is 7.28. The van der Waals surface area contributed by atoms with Gasteiger partial charge in [0.15, 0.2) is 0 Å². The molecule has 1 aliphatic rings. The van der Waals surface area contributed by atoms with Gasteiger partial charge in [-0.1, -0.05) is 32.6 Å². The van der Waals surface area contributed by atoms with Gasteiger partial charge in [-0.05, 0) is 19.4 Å². The van der Waals surface area contributed by atoms with E-state index in [4.69, 9.17) is 5.11 Å². The van der Waals surface area contributed by atoms with Crippen LogP contribution in [0.1, 0.15) is 45.4 Å². The van der Waals surface area contributed by atoms with Gasteiger partial charge in [0.1, 0.15) is 0 Å². The van der Waals surface area contributed by atoms with E-state index in [1.165, 1.54) is 38.5 Å². The van der Waals surface area contributed by atoms with Gasteiger partial charge in [-0.2, -0.15) is 0 Å². The summed E-state index contributed by atoms with van der Waals surface area (Å²) in [5.41, 5.74) is 0. The van der Waals surface area contributed by atoms with Gasteiger partial charge >= 0.3 is 0 Å². The van der Waals surface area contributed by atoms with Crippen LogP contribution in [0.4, 0.5) is 0 Å². The normalized spacial score (nSPS) is 21.6. The van der Waals surface area contributed by atoms with E-state index in [0.717, 1.165) is 6.54 Å². The Labute approximate surface area is 93.1 Å². The molecule has 1 fully saturated rings. The van der Waals surface area contributed by atoms with E-state index in [0.29, 0.717) is 12.6 Å². The lowest BCUT2D eigenvalue weighted by Gasteiger charge is -2.31. The molecule has 0 spiro atoms. The minimum atomic E-state index is -0.576. The number of hydrogen-bond donors (Lipinski definition) is 2. The summed E-state index contributed by atoms with van der Waals surface area (Å²) >= 11 is 0. The molecule has 0 amide bonds. The van der Waals surface area contributed by atoms with Crippen LogP contribution in [0.2, 0.25) is 0 Å². The SMILES string of the molecule is CCN(CC(O)CO)C1CCCCCC1. The van der Waals surface area contributed by atoms with Crippen molar-refractivity contribution in [2.45, 2.75) is 57.6 Å². The quantitative estimate of drug-likeness (QED) is 0.681. The summed E-state index contributed by atoms with van der Waals surface area (Å²) in [6.45, 7) is 3.61. The highest BCUT2D eigenvalue weighted by molar-refractivity contribution is 4.75. The van der Waals surface area contributed by atoms with Crippen LogP contribution in [0.25, 0.3) is 0 Å². The summed E-state index contributed by atoms with van der Waals surface area (Å²) in [7, 11) is 0. The molecule has 15 heavy (non-hydrogen) atoms. The molecule has 90 valence electrons. The Morgan fingerprint density at radius 1 is 1.20 bits per heavy atom. The fourth-order valence-corrected chi connectivity index (χ4v) is 2.49. The smallest absolute Gasteiger partial charge is 0.0897 e. The van der Waals surface area contributed by atoms with Crippen LogP contribution in [0.15, 0.2) is 0 Å². The lowest BCUT2D eigenvalue weighted by atomic mass is 10.1. The van der Waals surface area contributed by atoms with Crippen molar-refractivity contribution in [3.05, 3.63) is 0 Å². The Balaban J connectivity index is 2.40. The van der Waals surface area contributed by atoms with Gasteiger partial charge in [-0.15, -0.1) is 0 Å². The Hall–Kier alpha value is -0.120. The van der Waals surface area contributed by atoms with Crippen molar-refractivity contribution in [1.82, 2.24) is 4.90 Å². The summed E-state index contributed by atoms with van der Waals surface area (Å²) in [6, 6.07) is 0.624. The molecule has 2 N–H and O–H groups in total. The zero-order valence-corrected chi connectivity index (χ0v) is 9.86. The summed E-state index contributed by atoms with van der Waals surface area (Å²) in [5, 5.41) is 18.3. The standard InChI is InChI=1S/C12H25NO2/c1-2-13(9-12(15)10-14)11-7-5-3-4-6-8-11/h11-12,14-15H,2-10H2,1H3. The van der Waals surface area contributed by atoms with Crippen LogP contribution < -0.4 is 0 Å². The summed E-state index contributed by atoms with van der Waals surface area (Å²) < 4.78 is 0. The highest BCUT2D eigenvalue weighted by Gasteiger charge is 2.20. The highest BCUT2D eigenvalue weighted by Crippen LogP contribution is 2.21. The van der Waals surface area contributed by atoms with Gasteiger partial charge in [0.2, 0.25) is 0 Å². The number of hydrogen-bond acceptors (Lipinski definition) is 3. The summed E-state index contributed by atoms with van der Waals surface area (Å²) in [4.78, 5) is 2.33. The second-order valence-electron chi connectivity index (χ2n) is 4.57. The zero-order chi connectivity index (χ0) is 11.1. The molecule has 0 heterocycles. The molecule has 3 nitrogen and oxygen atoms in total. The van der Waals surface area contributed by atoms with Crippen LogP contribution in [0, 0.1) is 0 Å². The van der Waals surface area contributed by atoms with Gasteiger partial charge in [0.05, 0.1) is 12.7 Å². The molecule has 3 heteroatoms. The fourth-order valence-electron chi connectivity index (χ4n) is 2.49. The third kappa shape index (κ3) is 4.49. The molecule has 0 saturated heterocycles. The lowest BCUT2D eigenvalue weighted by molar-refractivity contribution is 0.0435. The van der Waals surface area contributed by atoms with E-state index in [-0.39, 0.29) is 6.61 Å². The first-order valence-electron chi connectivity index (χ1n) is 6.31. The van der Waals surface area contributed by atoms with Crippen molar-refractivity contribution in [3.8, 4) is 0 Å². The van der Waals surface area contributed by atoms with Gasteiger partial charge in [-0.3, -0.25) is 4.90 Å². The molecule has 1 aliphatic carbocycles. The zero-order valence-electron chi connectivity index (χ0n) is 9.86. The number of likely N-dealkylation sites (N-methyl/N-ethyl adjacent to an activating group) is 1. The van der Waals surface area contributed by atoms with Gasteiger partial charge in [-0.25, -0.2) is 0 Å². The van der Waals surface area contributed by atoms with Crippen molar-refractivity contribution in [3.63, 3.8) is 0 Å². The monoisotopic (exact) mass is 215 g/mol. The summed E-state index contributed by atoms with van der Waals surface area (Å²) in [5.74, 6) is 0. The molecule has 1 saturated carbocycles. The largest absolute Gasteiger partial charge is 0.394 e. The Morgan fingerprint density at radius 3 is 2.27 bits per heavy atom. The molecule has 1 atom stereocenters. The maximum Gasteiger partial charge on any atom is 0.0897 e. The van der Waals surface area contributed by atoms with Crippen LogP contribution in [-0.4, -0.2) is 47.0 Å². The highest BCUT2D eigenvalue weighted by atomic mass is 16.3. The maximum atomic E-state index is 9.47. The van der Waals surface area contributed by atoms with Gasteiger partial charge < -0.3 is 10.2 Å². The Morgan fingerprint density at radius 2 is 1.80 bits per heavy atom. The first kappa shape index (κ1) is 12.9. The molecule has 0 bridgehead atoms. The maximum absolute atomic E-state index is 9.47. The minimum absolute atomic E-state index is 0.122. The molecular formula is C12H25NO2. The van der Waals surface area contributed by atoms with Crippen molar-refractivity contribution >= 4 is 0 Å². The second-order valence-corrected chi connectivity index (χ2v) is 4.57. The molecule has 0 aromatic heterocycles. The minimum Gasteiger partial charge on any atom is -0.394 e. The number of rotatable bonds is 5. The van der Waals surface area contributed by atoms with Crippen LogP contribution in [0.5, 0.6) is 0 Å². The third-order valence-electron chi connectivity index (χ3n) is 3.40. The average molecular weight is 215 g/mol. The first-order chi connectivity index (χ1) is 7.27. The van der Waals surface area contributed by atoms with Crippen molar-refractivity contribution in [2.24, 2.45) is 0 Å². The van der Waals surface area contributed by atoms with E-state index in [9.17, 15) is 5.11 Å².